The van der Waals surface area contributed by atoms with Crippen molar-refractivity contribution in [2.75, 3.05) is 0 Å². The first kappa shape index (κ1) is 12.0. The normalized spacial score (nSPS) is 10.4. The molecule has 2 aromatic heterocycles. The Morgan fingerprint density at radius 3 is 2.55 bits per heavy atom. The van der Waals surface area contributed by atoms with E-state index in [0.29, 0.717) is 0 Å². The minimum absolute atomic E-state index is 0.0610. The minimum Gasteiger partial charge on any atom is -0.258 e. The summed E-state index contributed by atoms with van der Waals surface area (Å²) in [6.45, 7) is 0. The molecule has 0 amide bonds. The van der Waals surface area contributed by atoms with Gasteiger partial charge in [-0.1, -0.05) is 6.07 Å². The number of non-ortho nitro benzene ring substituents is 1. The van der Waals surface area contributed by atoms with Gasteiger partial charge in [-0.3, -0.25) is 15.1 Å². The first-order valence-electron chi connectivity index (χ1n) is 5.95. The number of benzene rings is 1. The van der Waals surface area contributed by atoms with Gasteiger partial charge in [0, 0.05) is 30.1 Å². The van der Waals surface area contributed by atoms with Crippen LogP contribution in [0.5, 0.6) is 0 Å². The molecular weight excluding hydrogens is 256 g/mol. The molecule has 0 unspecified atom stereocenters. The maximum atomic E-state index is 10.6. The highest BCUT2D eigenvalue weighted by Crippen LogP contribution is 2.19. The Morgan fingerprint density at radius 1 is 1.10 bits per heavy atom. The Bertz CT molecular complexity index is 735. The van der Waals surface area contributed by atoms with Gasteiger partial charge in [-0.25, -0.2) is 4.68 Å². The minimum atomic E-state index is -0.424. The van der Waals surface area contributed by atoms with Crippen LogP contribution >= 0.6 is 0 Å². The van der Waals surface area contributed by atoms with Crippen molar-refractivity contribution in [1.82, 2.24) is 14.8 Å². The quantitative estimate of drug-likeness (QED) is 0.539. The highest BCUT2D eigenvalue weighted by molar-refractivity contribution is 5.57. The molecular formula is C14H10N4O2. The third-order valence-electron chi connectivity index (χ3n) is 2.87. The molecule has 3 aromatic rings. The Hall–Kier alpha value is -3.02. The molecule has 3 rings (SSSR count). The van der Waals surface area contributed by atoms with Crippen molar-refractivity contribution in [1.29, 1.82) is 0 Å². The zero-order chi connectivity index (χ0) is 13.9. The van der Waals surface area contributed by atoms with E-state index < -0.39 is 4.92 Å². The summed E-state index contributed by atoms with van der Waals surface area (Å²) in [5.41, 5.74) is 2.55. The summed E-state index contributed by atoms with van der Waals surface area (Å²) in [6.07, 6.45) is 5.27. The van der Waals surface area contributed by atoms with Crippen molar-refractivity contribution in [3.63, 3.8) is 0 Å². The van der Waals surface area contributed by atoms with Gasteiger partial charge in [0.2, 0.25) is 0 Å². The number of nitro benzene ring substituents is 1. The van der Waals surface area contributed by atoms with Crippen LogP contribution in [0.4, 0.5) is 5.69 Å². The molecule has 6 nitrogen and oxygen atoms in total. The average Bonchev–Trinajstić information content (AvgIpc) is 2.98. The van der Waals surface area contributed by atoms with Crippen LogP contribution < -0.4 is 0 Å². The second-order valence-corrected chi connectivity index (χ2v) is 4.16. The third kappa shape index (κ3) is 2.26. The topological polar surface area (TPSA) is 73.8 Å². The van der Waals surface area contributed by atoms with Crippen LogP contribution in [0.25, 0.3) is 16.9 Å². The fraction of sp³-hybridized carbons (Fsp3) is 0. The molecule has 0 saturated carbocycles. The van der Waals surface area contributed by atoms with Crippen LogP contribution in [0.3, 0.4) is 0 Å². The summed E-state index contributed by atoms with van der Waals surface area (Å²) in [5.74, 6) is 0. The van der Waals surface area contributed by atoms with E-state index in [1.54, 1.807) is 29.2 Å². The molecule has 6 heteroatoms. The third-order valence-corrected chi connectivity index (χ3v) is 2.87. The number of hydrogen-bond donors (Lipinski definition) is 0. The van der Waals surface area contributed by atoms with Crippen LogP contribution in [0.2, 0.25) is 0 Å². The van der Waals surface area contributed by atoms with Crippen molar-refractivity contribution < 1.29 is 4.92 Å². The number of rotatable bonds is 3. The van der Waals surface area contributed by atoms with E-state index in [2.05, 4.69) is 10.1 Å². The van der Waals surface area contributed by atoms with Crippen molar-refractivity contribution in [2.45, 2.75) is 0 Å². The van der Waals surface area contributed by atoms with Crippen molar-refractivity contribution in [3.05, 3.63) is 71.2 Å². The second-order valence-electron chi connectivity index (χ2n) is 4.16. The molecule has 0 aliphatic rings. The van der Waals surface area contributed by atoms with Crippen molar-refractivity contribution in [3.8, 4) is 16.9 Å². The molecule has 1 aromatic carbocycles. The largest absolute Gasteiger partial charge is 0.269 e. The molecule has 0 spiro atoms. The average molecular weight is 266 g/mol. The standard InChI is InChI=1S/C14H10N4O2/c19-18(20)13-6-4-12(5-7-13)17-10-11(9-16-17)14-3-1-2-8-15-14/h1-10H. The fourth-order valence-corrected chi connectivity index (χ4v) is 1.86. The SMILES string of the molecule is O=[N+]([O-])c1ccc(-n2cc(-c3ccccn3)cn2)cc1. The lowest BCUT2D eigenvalue weighted by atomic mass is 10.2. The Kier molecular flexibility index (Phi) is 2.96. The van der Waals surface area contributed by atoms with Crippen LogP contribution in [-0.2, 0) is 0 Å². The molecule has 0 N–H and O–H groups in total. The van der Waals surface area contributed by atoms with E-state index in [9.17, 15) is 10.1 Å². The zero-order valence-electron chi connectivity index (χ0n) is 10.4. The molecule has 0 radical (unpaired) electrons. The van der Waals surface area contributed by atoms with Gasteiger partial charge in [-0.05, 0) is 24.3 Å². The van der Waals surface area contributed by atoms with E-state index in [0.717, 1.165) is 16.9 Å². The Labute approximate surface area is 114 Å². The monoisotopic (exact) mass is 266 g/mol. The highest BCUT2D eigenvalue weighted by atomic mass is 16.6. The fourth-order valence-electron chi connectivity index (χ4n) is 1.86. The summed E-state index contributed by atoms with van der Waals surface area (Å²) in [5, 5.41) is 14.9. The lowest BCUT2D eigenvalue weighted by molar-refractivity contribution is -0.384. The van der Waals surface area contributed by atoms with Crippen LogP contribution in [0.1, 0.15) is 0 Å². The van der Waals surface area contributed by atoms with E-state index in [1.165, 1.54) is 12.1 Å². The van der Waals surface area contributed by atoms with Gasteiger partial charge in [0.25, 0.3) is 5.69 Å². The van der Waals surface area contributed by atoms with E-state index >= 15 is 0 Å². The molecule has 0 atom stereocenters. The molecule has 0 aliphatic heterocycles. The molecule has 20 heavy (non-hydrogen) atoms. The van der Waals surface area contributed by atoms with Gasteiger partial charge in [0.15, 0.2) is 0 Å². The summed E-state index contributed by atoms with van der Waals surface area (Å²) in [4.78, 5) is 14.4. The molecule has 0 aliphatic carbocycles. The zero-order valence-corrected chi connectivity index (χ0v) is 10.4. The molecule has 0 saturated heterocycles. The van der Waals surface area contributed by atoms with Gasteiger partial charge in [-0.15, -0.1) is 0 Å². The maximum absolute atomic E-state index is 10.6. The Balaban J connectivity index is 1.92. The first-order chi connectivity index (χ1) is 9.74. The van der Waals surface area contributed by atoms with Crippen LogP contribution in [0, 0.1) is 10.1 Å². The van der Waals surface area contributed by atoms with Gasteiger partial charge in [0.1, 0.15) is 0 Å². The number of nitrogens with zero attached hydrogens (tertiary/aromatic N) is 4. The molecule has 0 bridgehead atoms. The lowest BCUT2D eigenvalue weighted by Gasteiger charge is -2.00. The maximum Gasteiger partial charge on any atom is 0.269 e. The second kappa shape index (κ2) is 4.93. The molecule has 2 heterocycles. The van der Waals surface area contributed by atoms with Crippen LogP contribution in [-0.4, -0.2) is 19.7 Å². The molecule has 0 fully saturated rings. The van der Waals surface area contributed by atoms with Crippen molar-refractivity contribution >= 4 is 5.69 Å². The van der Waals surface area contributed by atoms with E-state index in [4.69, 9.17) is 0 Å². The summed E-state index contributed by atoms with van der Waals surface area (Å²) in [7, 11) is 0. The van der Waals surface area contributed by atoms with E-state index in [1.807, 2.05) is 24.4 Å². The number of aromatic nitrogens is 3. The number of pyridine rings is 1. The Morgan fingerprint density at radius 2 is 1.90 bits per heavy atom. The van der Waals surface area contributed by atoms with Gasteiger partial charge >= 0.3 is 0 Å². The van der Waals surface area contributed by atoms with E-state index in [-0.39, 0.29) is 5.69 Å². The highest BCUT2D eigenvalue weighted by Gasteiger charge is 2.07. The number of nitro groups is 1. The summed E-state index contributed by atoms with van der Waals surface area (Å²) in [6, 6.07) is 11.9. The predicted octanol–water partition coefficient (Wildman–Crippen LogP) is 2.84. The van der Waals surface area contributed by atoms with Crippen molar-refractivity contribution in [2.24, 2.45) is 0 Å². The molecule has 98 valence electrons. The van der Waals surface area contributed by atoms with Gasteiger partial charge in [-0.2, -0.15) is 5.10 Å². The number of hydrogen-bond acceptors (Lipinski definition) is 4. The first-order valence-corrected chi connectivity index (χ1v) is 5.95. The smallest absolute Gasteiger partial charge is 0.258 e. The summed E-state index contributed by atoms with van der Waals surface area (Å²) < 4.78 is 1.66. The predicted molar refractivity (Wildman–Crippen MR) is 73.4 cm³/mol. The summed E-state index contributed by atoms with van der Waals surface area (Å²) >= 11 is 0. The van der Waals surface area contributed by atoms with Gasteiger partial charge < -0.3 is 0 Å². The van der Waals surface area contributed by atoms with Gasteiger partial charge in [0.05, 0.1) is 22.5 Å². The lowest BCUT2D eigenvalue weighted by Crippen LogP contribution is -1.94. The van der Waals surface area contributed by atoms with Crippen LogP contribution in [0.15, 0.2) is 61.1 Å².